The van der Waals surface area contributed by atoms with Gasteiger partial charge in [0.05, 0.1) is 0 Å². The summed E-state index contributed by atoms with van der Waals surface area (Å²) >= 11 is 1.12. The second-order valence-corrected chi connectivity index (χ2v) is 8.04. The first-order chi connectivity index (χ1) is 14.1. The van der Waals surface area contributed by atoms with Crippen LogP contribution in [0, 0.1) is 5.41 Å². The highest BCUT2D eigenvalue weighted by Crippen LogP contribution is 2.44. The number of nitrogens with zero attached hydrogens (tertiary/aromatic N) is 4. The molecule has 0 aromatic carbocycles. The number of carbonyl (C=O) groups excluding carboxylic acids is 3. The summed E-state index contributed by atoms with van der Waals surface area (Å²) < 4.78 is 9.86. The van der Waals surface area contributed by atoms with Gasteiger partial charge < -0.3 is 24.4 Å². The molecule has 2 aliphatic rings. The van der Waals surface area contributed by atoms with E-state index in [-0.39, 0.29) is 30.7 Å². The molecule has 1 aromatic rings. The van der Waals surface area contributed by atoms with Crippen LogP contribution in [0.25, 0.3) is 0 Å². The Balaban J connectivity index is 1.79. The minimum Gasteiger partial charge on any atom is -0.481 e. The SMILES string of the molecule is CC(=O)OCC1(C(=O)O)CS[C@@H]2C(N(C(C)=O)c3nc(CC(=O)O)no3)C(=O)N2C1. The Morgan fingerprint density at radius 1 is 1.33 bits per heavy atom. The maximum absolute atomic E-state index is 12.8. The largest absolute Gasteiger partial charge is 0.481 e. The van der Waals surface area contributed by atoms with Gasteiger partial charge in [0.15, 0.2) is 5.82 Å². The summed E-state index contributed by atoms with van der Waals surface area (Å²) in [6, 6.07) is -1.32. The number of carboxylic acid groups (broad SMARTS) is 2. The molecule has 2 aliphatic heterocycles. The van der Waals surface area contributed by atoms with Gasteiger partial charge in [-0.15, -0.1) is 11.8 Å². The summed E-state index contributed by atoms with van der Waals surface area (Å²) in [7, 11) is 0. The maximum Gasteiger partial charge on any atom is 0.331 e. The highest BCUT2D eigenvalue weighted by Gasteiger charge is 2.60. The van der Waals surface area contributed by atoms with E-state index in [1.807, 2.05) is 0 Å². The lowest BCUT2D eigenvalue weighted by Gasteiger charge is -2.55. The summed E-state index contributed by atoms with van der Waals surface area (Å²) in [5, 5.41) is 21.4. The molecule has 0 radical (unpaired) electrons. The second kappa shape index (κ2) is 7.93. The van der Waals surface area contributed by atoms with Crippen molar-refractivity contribution < 1.29 is 43.4 Å². The van der Waals surface area contributed by atoms with Crippen molar-refractivity contribution >= 4 is 47.5 Å². The molecule has 3 atom stereocenters. The third-order valence-electron chi connectivity index (χ3n) is 4.71. The molecule has 3 heterocycles. The smallest absolute Gasteiger partial charge is 0.331 e. The monoisotopic (exact) mass is 442 g/mol. The number of thioether (sulfide) groups is 1. The number of aliphatic carboxylic acids is 2. The Morgan fingerprint density at radius 3 is 2.60 bits per heavy atom. The number of carboxylic acids is 2. The molecule has 0 aliphatic carbocycles. The summed E-state index contributed by atoms with van der Waals surface area (Å²) in [6.07, 6.45) is -0.518. The zero-order chi connectivity index (χ0) is 22.2. The van der Waals surface area contributed by atoms with Crippen molar-refractivity contribution in [3.63, 3.8) is 0 Å². The van der Waals surface area contributed by atoms with Gasteiger partial charge in [0.1, 0.15) is 29.9 Å². The van der Waals surface area contributed by atoms with E-state index in [4.69, 9.17) is 14.4 Å². The van der Waals surface area contributed by atoms with Crippen LogP contribution < -0.4 is 4.90 Å². The average molecular weight is 442 g/mol. The van der Waals surface area contributed by atoms with Gasteiger partial charge in [-0.25, -0.2) is 4.90 Å². The van der Waals surface area contributed by atoms with Crippen LogP contribution in [-0.2, 0) is 35.1 Å². The predicted molar refractivity (Wildman–Crippen MR) is 97.2 cm³/mol. The number of β-lactam (4-membered cyclic amide) rings is 1. The highest BCUT2D eigenvalue weighted by atomic mass is 32.2. The Labute approximate surface area is 173 Å². The average Bonchev–Trinajstić information content (AvgIpc) is 3.10. The van der Waals surface area contributed by atoms with E-state index in [1.54, 1.807) is 0 Å². The topological polar surface area (TPSA) is 180 Å². The lowest BCUT2D eigenvalue weighted by atomic mass is 9.88. The predicted octanol–water partition coefficient (Wildman–Crippen LogP) is -1.03. The lowest BCUT2D eigenvalue weighted by Crippen LogP contribution is -2.75. The van der Waals surface area contributed by atoms with Crippen LogP contribution in [0.1, 0.15) is 19.7 Å². The zero-order valence-corrected chi connectivity index (χ0v) is 16.7. The van der Waals surface area contributed by atoms with Gasteiger partial charge in [-0.3, -0.25) is 24.0 Å². The molecule has 2 unspecified atom stereocenters. The molecule has 2 N–H and O–H groups in total. The number of anilines is 1. The van der Waals surface area contributed by atoms with Crippen LogP contribution in [0.15, 0.2) is 4.52 Å². The molecule has 14 heteroatoms. The van der Waals surface area contributed by atoms with Crippen molar-refractivity contribution in [3.05, 3.63) is 5.82 Å². The van der Waals surface area contributed by atoms with Crippen molar-refractivity contribution in [2.45, 2.75) is 31.7 Å². The lowest BCUT2D eigenvalue weighted by molar-refractivity contribution is -0.164. The fourth-order valence-electron chi connectivity index (χ4n) is 3.23. The molecule has 30 heavy (non-hydrogen) atoms. The first kappa shape index (κ1) is 21.5. The van der Waals surface area contributed by atoms with Crippen LogP contribution in [0.2, 0.25) is 0 Å². The molecular weight excluding hydrogens is 424 g/mol. The Morgan fingerprint density at radius 2 is 2.03 bits per heavy atom. The van der Waals surface area contributed by atoms with Crippen LogP contribution in [0.4, 0.5) is 6.01 Å². The maximum atomic E-state index is 12.8. The fourth-order valence-corrected chi connectivity index (χ4v) is 4.79. The normalized spacial score (nSPS) is 25.1. The molecule has 162 valence electrons. The third kappa shape index (κ3) is 3.81. The van der Waals surface area contributed by atoms with E-state index in [2.05, 4.69) is 10.1 Å². The molecule has 0 saturated carbocycles. The number of rotatable bonds is 7. The molecular formula is C16H18N4O9S. The molecule has 2 fully saturated rings. The van der Waals surface area contributed by atoms with Gasteiger partial charge in [0.25, 0.3) is 0 Å². The summed E-state index contributed by atoms with van der Waals surface area (Å²) in [4.78, 5) is 64.8. The summed E-state index contributed by atoms with van der Waals surface area (Å²) in [6.45, 7) is 1.77. The zero-order valence-electron chi connectivity index (χ0n) is 15.9. The molecule has 0 spiro atoms. The number of ether oxygens (including phenoxy) is 1. The molecule has 13 nitrogen and oxygen atoms in total. The molecule has 2 saturated heterocycles. The number of hydrogen-bond donors (Lipinski definition) is 2. The van der Waals surface area contributed by atoms with Gasteiger partial charge in [0, 0.05) is 26.1 Å². The van der Waals surface area contributed by atoms with Crippen molar-refractivity contribution in [1.29, 1.82) is 0 Å². The van der Waals surface area contributed by atoms with E-state index >= 15 is 0 Å². The van der Waals surface area contributed by atoms with Crippen molar-refractivity contribution in [2.24, 2.45) is 5.41 Å². The third-order valence-corrected chi connectivity index (χ3v) is 6.29. The van der Waals surface area contributed by atoms with Crippen LogP contribution in [0.5, 0.6) is 0 Å². The van der Waals surface area contributed by atoms with E-state index in [0.29, 0.717) is 0 Å². The van der Waals surface area contributed by atoms with E-state index in [1.165, 1.54) is 11.8 Å². The summed E-state index contributed by atoms with van der Waals surface area (Å²) in [5.74, 6) is -4.25. The minimum atomic E-state index is -1.46. The minimum absolute atomic E-state index is 0.0421. The van der Waals surface area contributed by atoms with Gasteiger partial charge in [0.2, 0.25) is 11.8 Å². The number of fused-ring (bicyclic) bond motifs is 1. The van der Waals surface area contributed by atoms with Crippen LogP contribution in [-0.4, -0.2) is 85.3 Å². The standard InChI is InChI=1S/C16H18N4O9S/c1-7(21)20(15-17-9(18-29-15)3-10(23)24)11-12(25)19-4-16(14(26)27,5-28-8(2)22)6-30-13(11)19/h11,13H,3-6H2,1-2H3,(H,23,24)(H,26,27)/t11?,13-,16?/m1/s1. The number of amides is 2. The number of hydrogen-bond acceptors (Lipinski definition) is 10. The van der Waals surface area contributed by atoms with Crippen molar-refractivity contribution in [2.75, 3.05) is 23.8 Å². The Bertz CT molecular complexity index is 918. The highest BCUT2D eigenvalue weighted by molar-refractivity contribution is 8.00. The first-order valence-corrected chi connectivity index (χ1v) is 9.73. The quantitative estimate of drug-likeness (QED) is 0.387. The van der Waals surface area contributed by atoms with Gasteiger partial charge in [-0.1, -0.05) is 5.16 Å². The second-order valence-electron chi connectivity index (χ2n) is 6.93. The van der Waals surface area contributed by atoms with Crippen LogP contribution in [0.3, 0.4) is 0 Å². The summed E-state index contributed by atoms with van der Waals surface area (Å²) in [5.41, 5.74) is -1.46. The molecule has 1 aromatic heterocycles. The number of aromatic nitrogens is 2. The van der Waals surface area contributed by atoms with E-state index in [9.17, 15) is 29.1 Å². The molecule has 0 bridgehead atoms. The number of esters is 1. The van der Waals surface area contributed by atoms with Gasteiger partial charge in [-0.05, 0) is 0 Å². The van der Waals surface area contributed by atoms with Gasteiger partial charge >= 0.3 is 23.9 Å². The van der Waals surface area contributed by atoms with Crippen molar-refractivity contribution in [1.82, 2.24) is 15.0 Å². The molecule has 3 rings (SSSR count). The van der Waals surface area contributed by atoms with Gasteiger partial charge in [-0.2, -0.15) is 4.98 Å². The fraction of sp³-hybridized carbons (Fsp3) is 0.562. The van der Waals surface area contributed by atoms with Crippen LogP contribution >= 0.6 is 11.8 Å². The number of carbonyl (C=O) groups is 5. The van der Waals surface area contributed by atoms with E-state index in [0.717, 1.165) is 23.6 Å². The first-order valence-electron chi connectivity index (χ1n) is 8.69. The Hall–Kier alpha value is -3.16. The Kier molecular flexibility index (Phi) is 5.70. The van der Waals surface area contributed by atoms with Crippen molar-refractivity contribution in [3.8, 4) is 0 Å². The van der Waals surface area contributed by atoms with E-state index < -0.39 is 53.0 Å². The molecule has 2 amide bonds.